The van der Waals surface area contributed by atoms with Crippen LogP contribution in [0, 0.1) is 0 Å². The minimum Gasteiger partial charge on any atom is -0.493 e. The molecule has 0 N–H and O–H groups in total. The zero-order valence-electron chi connectivity index (χ0n) is 20.1. The largest absolute Gasteiger partial charge is 0.493 e. The van der Waals surface area contributed by atoms with Crippen LogP contribution in [0.15, 0.2) is 72.8 Å². The number of anilines is 2. The maximum absolute atomic E-state index is 13.9. The van der Waals surface area contributed by atoms with E-state index in [-0.39, 0.29) is 5.91 Å². The number of thiocarbonyl (C=S) groups is 1. The molecule has 0 atom stereocenters. The number of hydrogen-bond acceptors (Lipinski definition) is 6. The second-order valence-electron chi connectivity index (χ2n) is 7.98. The van der Waals surface area contributed by atoms with Crippen LogP contribution in [0.2, 0.25) is 0 Å². The van der Waals surface area contributed by atoms with Gasteiger partial charge in [0.05, 0.1) is 27.0 Å². The van der Waals surface area contributed by atoms with Crippen molar-refractivity contribution >= 4 is 34.6 Å². The molecule has 8 heteroatoms. The van der Waals surface area contributed by atoms with Crippen molar-refractivity contribution in [3.8, 4) is 17.2 Å². The van der Waals surface area contributed by atoms with Gasteiger partial charge in [-0.3, -0.25) is 9.69 Å². The van der Waals surface area contributed by atoms with Crippen LogP contribution < -0.4 is 24.0 Å². The molecule has 35 heavy (non-hydrogen) atoms. The molecule has 1 aliphatic heterocycles. The molecule has 0 bridgehead atoms. The van der Waals surface area contributed by atoms with E-state index in [4.69, 9.17) is 26.4 Å². The Kier molecular flexibility index (Phi) is 7.72. The van der Waals surface area contributed by atoms with Gasteiger partial charge in [-0.25, -0.2) is 0 Å². The van der Waals surface area contributed by atoms with Gasteiger partial charge >= 0.3 is 0 Å². The Balaban J connectivity index is 1.62. The SMILES string of the molecule is COc1cc(C(=O)N(C(=S)N2CCN(c3ccccc3)CC2)c2ccccc2)cc(OC)c1OC. The summed E-state index contributed by atoms with van der Waals surface area (Å²) in [7, 11) is 4.58. The lowest BCUT2D eigenvalue weighted by molar-refractivity contribution is 0.0998. The number of hydrogen-bond donors (Lipinski definition) is 0. The summed E-state index contributed by atoms with van der Waals surface area (Å²) in [6.45, 7) is 3.04. The fraction of sp³-hybridized carbons (Fsp3) is 0.259. The molecule has 0 saturated carbocycles. The quantitative estimate of drug-likeness (QED) is 0.472. The van der Waals surface area contributed by atoms with Crippen molar-refractivity contribution in [1.82, 2.24) is 4.90 Å². The number of rotatable bonds is 6. The first kappa shape index (κ1) is 24.3. The molecule has 1 aliphatic rings. The number of carbonyl (C=O) groups excluding carboxylic acids is 1. The Morgan fingerprint density at radius 3 is 1.86 bits per heavy atom. The monoisotopic (exact) mass is 491 g/mol. The number of piperazine rings is 1. The average molecular weight is 492 g/mol. The molecule has 0 aromatic heterocycles. The Morgan fingerprint density at radius 2 is 1.34 bits per heavy atom. The highest BCUT2D eigenvalue weighted by molar-refractivity contribution is 7.80. The summed E-state index contributed by atoms with van der Waals surface area (Å²) in [6.07, 6.45) is 0. The van der Waals surface area contributed by atoms with Gasteiger partial charge in [0.2, 0.25) is 5.75 Å². The number of para-hydroxylation sites is 2. The minimum absolute atomic E-state index is 0.272. The number of ether oxygens (including phenoxy) is 3. The Bertz CT molecular complexity index is 1140. The van der Waals surface area contributed by atoms with Crippen LogP contribution in [0.3, 0.4) is 0 Å². The summed E-state index contributed by atoms with van der Waals surface area (Å²) in [6, 6.07) is 23.1. The Labute approximate surface area is 211 Å². The van der Waals surface area contributed by atoms with Crippen LogP contribution in [0.25, 0.3) is 0 Å². The standard InChI is InChI=1S/C27H29N3O4S/c1-32-23-18-20(19-24(33-2)25(23)34-3)26(31)30(22-12-8-5-9-13-22)27(35)29-16-14-28(15-17-29)21-10-6-4-7-11-21/h4-13,18-19H,14-17H2,1-3H3. The van der Waals surface area contributed by atoms with Crippen molar-refractivity contribution in [3.05, 3.63) is 78.4 Å². The van der Waals surface area contributed by atoms with Crippen molar-refractivity contribution < 1.29 is 19.0 Å². The normalized spacial score (nSPS) is 13.2. The van der Waals surface area contributed by atoms with Crippen LogP contribution in [0.5, 0.6) is 17.2 Å². The third kappa shape index (κ3) is 5.17. The molecule has 3 aromatic rings. The van der Waals surface area contributed by atoms with E-state index in [1.165, 1.54) is 27.0 Å². The number of methoxy groups -OCH3 is 3. The van der Waals surface area contributed by atoms with Crippen LogP contribution >= 0.6 is 12.2 Å². The number of amides is 1. The summed E-state index contributed by atoms with van der Waals surface area (Å²) < 4.78 is 16.3. The lowest BCUT2D eigenvalue weighted by Gasteiger charge is -2.40. The summed E-state index contributed by atoms with van der Waals surface area (Å²) in [5.74, 6) is 0.972. The first-order chi connectivity index (χ1) is 17.1. The zero-order valence-corrected chi connectivity index (χ0v) is 21.0. The second-order valence-corrected chi connectivity index (χ2v) is 8.35. The van der Waals surface area contributed by atoms with Gasteiger partial charge in [0.15, 0.2) is 16.6 Å². The molecule has 1 heterocycles. The lowest BCUT2D eigenvalue weighted by Crippen LogP contribution is -2.54. The highest BCUT2D eigenvalue weighted by atomic mass is 32.1. The third-order valence-electron chi connectivity index (χ3n) is 5.99. The molecule has 1 amide bonds. The van der Waals surface area contributed by atoms with Gasteiger partial charge in [-0.1, -0.05) is 36.4 Å². The van der Waals surface area contributed by atoms with Crippen molar-refractivity contribution in [2.75, 3.05) is 57.3 Å². The van der Waals surface area contributed by atoms with Gasteiger partial charge in [0.25, 0.3) is 5.91 Å². The van der Waals surface area contributed by atoms with Crippen LogP contribution in [-0.2, 0) is 0 Å². The van der Waals surface area contributed by atoms with E-state index >= 15 is 0 Å². The predicted octanol–water partition coefficient (Wildman–Crippen LogP) is 4.47. The molecule has 1 fully saturated rings. The molecule has 182 valence electrons. The summed E-state index contributed by atoms with van der Waals surface area (Å²) in [5.41, 5.74) is 2.27. The molecule has 4 rings (SSSR count). The summed E-state index contributed by atoms with van der Waals surface area (Å²) in [4.78, 5) is 19.9. The molecule has 0 aliphatic carbocycles. The molecule has 7 nitrogen and oxygen atoms in total. The van der Waals surface area contributed by atoms with E-state index in [0.29, 0.717) is 46.7 Å². The van der Waals surface area contributed by atoms with Gasteiger partial charge < -0.3 is 24.0 Å². The molecule has 3 aromatic carbocycles. The van der Waals surface area contributed by atoms with E-state index in [0.717, 1.165) is 13.1 Å². The zero-order chi connectivity index (χ0) is 24.8. The fourth-order valence-electron chi connectivity index (χ4n) is 4.16. The Hall–Kier alpha value is -3.78. The highest BCUT2D eigenvalue weighted by Gasteiger charge is 2.29. The summed E-state index contributed by atoms with van der Waals surface area (Å²) >= 11 is 5.91. The van der Waals surface area contributed by atoms with E-state index in [2.05, 4.69) is 21.9 Å². The van der Waals surface area contributed by atoms with Gasteiger partial charge in [0, 0.05) is 37.4 Å². The number of nitrogens with zero attached hydrogens (tertiary/aromatic N) is 3. The predicted molar refractivity (Wildman–Crippen MR) is 142 cm³/mol. The van der Waals surface area contributed by atoms with Crippen LogP contribution in [0.1, 0.15) is 10.4 Å². The third-order valence-corrected chi connectivity index (χ3v) is 6.43. The molecule has 1 saturated heterocycles. The minimum atomic E-state index is -0.272. The molecule has 0 spiro atoms. The highest BCUT2D eigenvalue weighted by Crippen LogP contribution is 2.39. The van der Waals surface area contributed by atoms with E-state index in [1.807, 2.05) is 48.5 Å². The number of carbonyl (C=O) groups is 1. The smallest absolute Gasteiger partial charge is 0.264 e. The van der Waals surface area contributed by atoms with E-state index < -0.39 is 0 Å². The Morgan fingerprint density at radius 1 is 0.800 bits per heavy atom. The van der Waals surface area contributed by atoms with Gasteiger partial charge in [0.1, 0.15) is 0 Å². The van der Waals surface area contributed by atoms with Gasteiger partial charge in [-0.2, -0.15) is 0 Å². The topological polar surface area (TPSA) is 54.5 Å². The van der Waals surface area contributed by atoms with Crippen molar-refractivity contribution in [3.63, 3.8) is 0 Å². The first-order valence-corrected chi connectivity index (χ1v) is 11.8. The van der Waals surface area contributed by atoms with Crippen LogP contribution in [-0.4, -0.2) is 63.4 Å². The van der Waals surface area contributed by atoms with Crippen molar-refractivity contribution in [1.29, 1.82) is 0 Å². The molecule has 0 radical (unpaired) electrons. The van der Waals surface area contributed by atoms with Crippen molar-refractivity contribution in [2.45, 2.75) is 0 Å². The maximum Gasteiger partial charge on any atom is 0.264 e. The molecule has 0 unspecified atom stereocenters. The van der Waals surface area contributed by atoms with Crippen molar-refractivity contribution in [2.24, 2.45) is 0 Å². The van der Waals surface area contributed by atoms with Crippen LogP contribution in [0.4, 0.5) is 11.4 Å². The van der Waals surface area contributed by atoms with Gasteiger partial charge in [-0.15, -0.1) is 0 Å². The molecular weight excluding hydrogens is 462 g/mol. The second kappa shape index (κ2) is 11.1. The van der Waals surface area contributed by atoms with E-state index in [9.17, 15) is 4.79 Å². The molecular formula is C27H29N3O4S. The maximum atomic E-state index is 13.9. The lowest BCUT2D eigenvalue weighted by atomic mass is 10.1. The first-order valence-electron chi connectivity index (χ1n) is 11.4. The van der Waals surface area contributed by atoms with E-state index in [1.54, 1.807) is 17.0 Å². The average Bonchev–Trinajstić information content (AvgIpc) is 2.93. The number of benzene rings is 3. The fourth-order valence-corrected chi connectivity index (χ4v) is 4.53. The summed E-state index contributed by atoms with van der Waals surface area (Å²) in [5, 5.41) is 0.461. The van der Waals surface area contributed by atoms with Gasteiger partial charge in [-0.05, 0) is 48.6 Å².